The molecule has 1 unspecified atom stereocenters. The zero-order chi connectivity index (χ0) is 19.0. The summed E-state index contributed by atoms with van der Waals surface area (Å²) in [5, 5.41) is 8.81. The van der Waals surface area contributed by atoms with Crippen LogP contribution >= 0.6 is 0 Å². The van der Waals surface area contributed by atoms with Crippen molar-refractivity contribution < 1.29 is 12.8 Å². The van der Waals surface area contributed by atoms with E-state index >= 15 is 0 Å². The van der Waals surface area contributed by atoms with Gasteiger partial charge in [0.15, 0.2) is 0 Å². The van der Waals surface area contributed by atoms with Crippen LogP contribution in [0, 0.1) is 29.0 Å². The van der Waals surface area contributed by atoms with Gasteiger partial charge in [-0.1, -0.05) is 25.7 Å². The van der Waals surface area contributed by atoms with Crippen molar-refractivity contribution in [2.75, 3.05) is 4.72 Å². The fourth-order valence-electron chi connectivity index (χ4n) is 4.56. The van der Waals surface area contributed by atoms with Crippen molar-refractivity contribution >= 4 is 15.7 Å². The lowest BCUT2D eigenvalue weighted by atomic mass is 9.79. The van der Waals surface area contributed by atoms with Gasteiger partial charge >= 0.3 is 0 Å². The van der Waals surface area contributed by atoms with Crippen molar-refractivity contribution in [3.05, 3.63) is 47.0 Å². The third-order valence-electron chi connectivity index (χ3n) is 5.97. The number of anilines is 1. The van der Waals surface area contributed by atoms with Crippen LogP contribution in [0.25, 0.3) is 0 Å². The first-order valence-corrected chi connectivity index (χ1v) is 10.9. The maximum atomic E-state index is 14.1. The van der Waals surface area contributed by atoms with Crippen LogP contribution in [-0.4, -0.2) is 13.4 Å². The second-order valence-corrected chi connectivity index (χ2v) is 9.22. The van der Waals surface area contributed by atoms with E-state index in [-0.39, 0.29) is 16.1 Å². The number of aromatic nitrogens is 1. The molecule has 1 fully saturated rings. The Balaban J connectivity index is 1.56. The Morgan fingerprint density at radius 1 is 1.19 bits per heavy atom. The summed E-state index contributed by atoms with van der Waals surface area (Å²) in [5.41, 5.74) is 1.82. The van der Waals surface area contributed by atoms with Gasteiger partial charge in [0.05, 0.1) is 17.3 Å². The molecule has 1 atom stereocenters. The zero-order valence-corrected chi connectivity index (χ0v) is 15.8. The molecule has 142 valence electrons. The van der Waals surface area contributed by atoms with Gasteiger partial charge in [-0.3, -0.25) is 4.72 Å². The monoisotopic (exact) mass is 387 g/mol. The van der Waals surface area contributed by atoms with Gasteiger partial charge in [-0.2, -0.15) is 5.26 Å². The second kappa shape index (κ2) is 7.01. The molecule has 7 heteroatoms. The summed E-state index contributed by atoms with van der Waals surface area (Å²) in [5.74, 6) is 0.619. The first-order chi connectivity index (χ1) is 13.0. The number of sulfonamides is 1. The van der Waals surface area contributed by atoms with E-state index in [1.165, 1.54) is 44.0 Å². The van der Waals surface area contributed by atoms with Crippen LogP contribution in [0.4, 0.5) is 10.1 Å². The minimum absolute atomic E-state index is 0.146. The topological polar surface area (TPSA) is 85.8 Å². The van der Waals surface area contributed by atoms with Gasteiger partial charge in [-0.15, -0.1) is 0 Å². The van der Waals surface area contributed by atoms with Crippen molar-refractivity contribution in [2.45, 2.75) is 49.8 Å². The van der Waals surface area contributed by atoms with Crippen molar-refractivity contribution in [1.29, 1.82) is 5.26 Å². The molecule has 0 radical (unpaired) electrons. The van der Waals surface area contributed by atoms with Crippen LogP contribution in [0.15, 0.2) is 29.3 Å². The Morgan fingerprint density at radius 3 is 2.67 bits per heavy atom. The molecule has 0 aliphatic heterocycles. The molecule has 1 aromatic carbocycles. The number of fused-ring (bicyclic) bond motifs is 1. The predicted molar refractivity (Wildman–Crippen MR) is 100 cm³/mol. The molecule has 2 N–H and O–H groups in total. The number of H-pyrrole nitrogens is 1. The number of nitrogens with zero attached hydrogens (tertiary/aromatic N) is 1. The number of nitrogens with one attached hydrogen (secondary N) is 2. The maximum Gasteiger partial charge on any atom is 0.263 e. The minimum Gasteiger partial charge on any atom is -0.363 e. The lowest BCUT2D eigenvalue weighted by Gasteiger charge is -2.27. The quantitative estimate of drug-likeness (QED) is 0.827. The largest absolute Gasteiger partial charge is 0.363 e. The van der Waals surface area contributed by atoms with E-state index in [4.69, 9.17) is 5.26 Å². The Kier molecular flexibility index (Phi) is 4.68. The van der Waals surface area contributed by atoms with Crippen molar-refractivity contribution in [2.24, 2.45) is 11.8 Å². The van der Waals surface area contributed by atoms with E-state index in [2.05, 4.69) is 9.71 Å². The lowest BCUT2D eigenvalue weighted by Crippen LogP contribution is -2.22. The predicted octanol–water partition coefficient (Wildman–Crippen LogP) is 4.12. The van der Waals surface area contributed by atoms with Crippen LogP contribution in [-0.2, 0) is 22.9 Å². The third-order valence-corrected chi connectivity index (χ3v) is 7.40. The van der Waals surface area contributed by atoms with Crippen LogP contribution in [0.1, 0.15) is 48.9 Å². The molecular formula is C20H22FN3O2S. The van der Waals surface area contributed by atoms with E-state index in [0.29, 0.717) is 5.92 Å². The molecule has 2 aliphatic carbocycles. The number of nitriles is 1. The molecule has 5 nitrogen and oxygen atoms in total. The summed E-state index contributed by atoms with van der Waals surface area (Å²) in [4.78, 5) is 3.35. The highest BCUT2D eigenvalue weighted by atomic mass is 32.2. The number of rotatable bonds is 4. The summed E-state index contributed by atoms with van der Waals surface area (Å²) < 4.78 is 42.0. The molecule has 0 bridgehead atoms. The fraction of sp³-hybridized carbons (Fsp3) is 0.450. The van der Waals surface area contributed by atoms with Gasteiger partial charge in [0, 0.05) is 11.9 Å². The maximum absolute atomic E-state index is 14.1. The average Bonchev–Trinajstić information content (AvgIpc) is 3.32. The summed E-state index contributed by atoms with van der Waals surface area (Å²) in [6.45, 7) is 0. The van der Waals surface area contributed by atoms with E-state index < -0.39 is 15.8 Å². The standard InChI is InChI=1S/C20H22FN3O2S/c21-17-9-13(11-22)5-8-18(17)24-27(25,26)20-12-23-19-10-15(6-7-16(19)20)14-3-1-2-4-14/h5,8-9,12,14-15,23-24H,1-4,6-7,10H2. The molecule has 1 saturated carbocycles. The first-order valence-electron chi connectivity index (χ1n) is 9.39. The third kappa shape index (κ3) is 3.46. The van der Waals surface area contributed by atoms with Crippen molar-refractivity contribution in [3.8, 4) is 6.07 Å². The highest BCUT2D eigenvalue weighted by Crippen LogP contribution is 2.40. The Bertz CT molecular complexity index is 1000. The zero-order valence-electron chi connectivity index (χ0n) is 15.0. The normalized spacial score (nSPS) is 20.2. The highest BCUT2D eigenvalue weighted by molar-refractivity contribution is 7.92. The SMILES string of the molecule is N#Cc1ccc(NS(=O)(=O)c2c[nH]c3c2CCC(C2CCCC2)C3)c(F)c1. The number of halogens is 1. The summed E-state index contributed by atoms with van der Waals surface area (Å²) in [6.07, 6.45) is 9.31. The van der Waals surface area contributed by atoms with Gasteiger partial charge in [0.2, 0.25) is 0 Å². The van der Waals surface area contributed by atoms with Crippen LogP contribution < -0.4 is 4.72 Å². The van der Waals surface area contributed by atoms with Gasteiger partial charge < -0.3 is 4.98 Å². The molecule has 1 heterocycles. The van der Waals surface area contributed by atoms with Gasteiger partial charge in [0.1, 0.15) is 10.7 Å². The molecule has 0 spiro atoms. The average molecular weight is 387 g/mol. The number of benzene rings is 1. The summed E-state index contributed by atoms with van der Waals surface area (Å²) >= 11 is 0. The highest BCUT2D eigenvalue weighted by Gasteiger charge is 2.32. The molecule has 2 aliphatic rings. The molecule has 2 aromatic rings. The first kappa shape index (κ1) is 18.1. The van der Waals surface area contributed by atoms with Gasteiger partial charge in [-0.05, 0) is 54.9 Å². The molecular weight excluding hydrogens is 365 g/mol. The van der Waals surface area contributed by atoms with Gasteiger partial charge in [0.25, 0.3) is 10.0 Å². The number of aromatic amines is 1. The van der Waals surface area contributed by atoms with Crippen LogP contribution in [0.2, 0.25) is 0 Å². The Labute approximate surface area is 158 Å². The van der Waals surface area contributed by atoms with Crippen molar-refractivity contribution in [3.63, 3.8) is 0 Å². The lowest BCUT2D eigenvalue weighted by molar-refractivity contribution is 0.301. The number of hydrogen-bond acceptors (Lipinski definition) is 3. The molecule has 27 heavy (non-hydrogen) atoms. The molecule has 0 amide bonds. The van der Waals surface area contributed by atoms with E-state index in [1.807, 2.05) is 6.07 Å². The van der Waals surface area contributed by atoms with Gasteiger partial charge in [-0.25, -0.2) is 12.8 Å². The van der Waals surface area contributed by atoms with E-state index in [1.54, 1.807) is 0 Å². The molecule has 1 aromatic heterocycles. The molecule has 0 saturated heterocycles. The van der Waals surface area contributed by atoms with Crippen LogP contribution in [0.3, 0.4) is 0 Å². The van der Waals surface area contributed by atoms with Crippen molar-refractivity contribution in [1.82, 2.24) is 4.98 Å². The second-order valence-electron chi connectivity index (χ2n) is 7.57. The molecule has 4 rings (SSSR count). The number of hydrogen-bond donors (Lipinski definition) is 2. The van der Waals surface area contributed by atoms with Crippen LogP contribution in [0.5, 0.6) is 0 Å². The summed E-state index contributed by atoms with van der Waals surface area (Å²) in [7, 11) is -3.89. The van der Waals surface area contributed by atoms with E-state index in [0.717, 1.165) is 42.5 Å². The van der Waals surface area contributed by atoms with E-state index in [9.17, 15) is 12.8 Å². The fourth-order valence-corrected chi connectivity index (χ4v) is 5.89. The minimum atomic E-state index is -3.89. The Hall–Kier alpha value is -2.33. The Morgan fingerprint density at radius 2 is 1.96 bits per heavy atom. The summed E-state index contributed by atoms with van der Waals surface area (Å²) in [6, 6.07) is 5.52. The smallest absolute Gasteiger partial charge is 0.263 e.